The maximum absolute atomic E-state index is 12.4. The zero-order chi connectivity index (χ0) is 16.4. The quantitative estimate of drug-likeness (QED) is 0.751. The first-order valence-electron chi connectivity index (χ1n) is 8.12. The summed E-state index contributed by atoms with van der Waals surface area (Å²) in [6.07, 6.45) is 5.19. The third-order valence-electron chi connectivity index (χ3n) is 4.61. The molecule has 2 amide bonds. The smallest absolute Gasteiger partial charge is 0.224 e. The van der Waals surface area contributed by atoms with Gasteiger partial charge in [0.15, 0.2) is 0 Å². The first-order chi connectivity index (χ1) is 11.0. The van der Waals surface area contributed by atoms with E-state index in [1.807, 2.05) is 12.1 Å². The third kappa shape index (κ3) is 4.32. The molecule has 1 aromatic carbocycles. The van der Waals surface area contributed by atoms with Crippen molar-refractivity contribution in [2.24, 2.45) is 5.92 Å². The van der Waals surface area contributed by atoms with Crippen molar-refractivity contribution in [2.75, 3.05) is 10.6 Å². The zero-order valence-electron chi connectivity index (χ0n) is 13.2. The van der Waals surface area contributed by atoms with Crippen LogP contribution in [0.3, 0.4) is 0 Å². The van der Waals surface area contributed by atoms with E-state index in [-0.39, 0.29) is 11.8 Å². The van der Waals surface area contributed by atoms with Gasteiger partial charge in [-0.1, -0.05) is 15.9 Å². The number of anilines is 2. The standard InChI is InChI=1S/C17H22BrN3O2/c1-10(22)19-15-5-2-12(18)9-16(15)21-17(23)8-11-6-13-3-4-14(7-11)20-13/h2,5,9,11,13-14,20H,3-4,6-8H2,1H3,(H,19,22)(H,21,23). The van der Waals surface area contributed by atoms with E-state index in [0.29, 0.717) is 35.8 Å². The van der Waals surface area contributed by atoms with Crippen LogP contribution in [0.5, 0.6) is 0 Å². The lowest BCUT2D eigenvalue weighted by Crippen LogP contribution is -2.39. The van der Waals surface area contributed by atoms with Crippen LogP contribution in [0.15, 0.2) is 22.7 Å². The second-order valence-corrected chi connectivity index (χ2v) is 7.51. The Morgan fingerprint density at radius 2 is 1.87 bits per heavy atom. The monoisotopic (exact) mass is 379 g/mol. The average Bonchev–Trinajstić information content (AvgIpc) is 2.80. The molecule has 2 heterocycles. The van der Waals surface area contributed by atoms with E-state index >= 15 is 0 Å². The van der Waals surface area contributed by atoms with Crippen LogP contribution in [0.25, 0.3) is 0 Å². The van der Waals surface area contributed by atoms with E-state index < -0.39 is 0 Å². The molecule has 0 aromatic heterocycles. The maximum Gasteiger partial charge on any atom is 0.224 e. The molecule has 0 aliphatic carbocycles. The molecular formula is C17H22BrN3O2. The largest absolute Gasteiger partial charge is 0.325 e. The Kier molecular flexibility index (Phi) is 5.02. The molecule has 124 valence electrons. The topological polar surface area (TPSA) is 70.2 Å². The Hall–Kier alpha value is -1.40. The zero-order valence-corrected chi connectivity index (χ0v) is 14.8. The fraction of sp³-hybridized carbons (Fsp3) is 0.529. The first-order valence-corrected chi connectivity index (χ1v) is 8.92. The molecule has 2 saturated heterocycles. The van der Waals surface area contributed by atoms with Gasteiger partial charge in [0, 0.05) is 29.9 Å². The summed E-state index contributed by atoms with van der Waals surface area (Å²) in [7, 11) is 0. The molecule has 23 heavy (non-hydrogen) atoms. The summed E-state index contributed by atoms with van der Waals surface area (Å²) >= 11 is 3.40. The Labute approximate surface area is 144 Å². The first kappa shape index (κ1) is 16.5. The van der Waals surface area contributed by atoms with Gasteiger partial charge in [0.1, 0.15) is 0 Å². The highest BCUT2D eigenvalue weighted by Gasteiger charge is 2.34. The van der Waals surface area contributed by atoms with E-state index in [4.69, 9.17) is 0 Å². The van der Waals surface area contributed by atoms with Gasteiger partial charge in [-0.2, -0.15) is 0 Å². The van der Waals surface area contributed by atoms with E-state index in [0.717, 1.165) is 17.3 Å². The number of benzene rings is 1. The molecule has 2 fully saturated rings. The number of fused-ring (bicyclic) bond motifs is 2. The van der Waals surface area contributed by atoms with E-state index in [9.17, 15) is 9.59 Å². The fourth-order valence-corrected chi connectivity index (χ4v) is 4.08. The van der Waals surface area contributed by atoms with Crippen molar-refractivity contribution >= 4 is 39.1 Å². The molecule has 0 spiro atoms. The molecule has 2 bridgehead atoms. The van der Waals surface area contributed by atoms with Crippen LogP contribution in [0, 0.1) is 5.92 Å². The van der Waals surface area contributed by atoms with Crippen LogP contribution < -0.4 is 16.0 Å². The average molecular weight is 380 g/mol. The lowest BCUT2D eigenvalue weighted by atomic mass is 9.89. The second-order valence-electron chi connectivity index (χ2n) is 6.60. The van der Waals surface area contributed by atoms with Gasteiger partial charge in [0.2, 0.25) is 11.8 Å². The number of hydrogen-bond acceptors (Lipinski definition) is 3. The molecule has 3 N–H and O–H groups in total. The van der Waals surface area contributed by atoms with Crippen molar-refractivity contribution in [1.29, 1.82) is 0 Å². The highest BCUT2D eigenvalue weighted by Crippen LogP contribution is 2.33. The number of nitrogens with one attached hydrogen (secondary N) is 3. The molecule has 6 heteroatoms. The van der Waals surface area contributed by atoms with Gasteiger partial charge in [-0.3, -0.25) is 9.59 Å². The predicted molar refractivity (Wildman–Crippen MR) is 94.4 cm³/mol. The summed E-state index contributed by atoms with van der Waals surface area (Å²) in [6.45, 7) is 1.46. The highest BCUT2D eigenvalue weighted by atomic mass is 79.9. The van der Waals surface area contributed by atoms with Crippen molar-refractivity contribution in [2.45, 2.75) is 51.1 Å². The lowest BCUT2D eigenvalue weighted by Gasteiger charge is -2.28. The molecule has 2 aliphatic heterocycles. The van der Waals surface area contributed by atoms with Crippen LogP contribution in [-0.4, -0.2) is 23.9 Å². The molecular weight excluding hydrogens is 358 g/mol. The predicted octanol–water partition coefficient (Wildman–Crippen LogP) is 3.27. The number of piperidine rings is 1. The van der Waals surface area contributed by atoms with Gasteiger partial charge < -0.3 is 16.0 Å². The van der Waals surface area contributed by atoms with Crippen LogP contribution in [0.1, 0.15) is 39.0 Å². The molecule has 2 aliphatic rings. The van der Waals surface area contributed by atoms with Gasteiger partial charge in [0.05, 0.1) is 11.4 Å². The van der Waals surface area contributed by atoms with Crippen molar-refractivity contribution in [3.05, 3.63) is 22.7 Å². The summed E-state index contributed by atoms with van der Waals surface area (Å²) in [4.78, 5) is 23.7. The minimum absolute atomic E-state index is 0.0148. The van der Waals surface area contributed by atoms with Crippen molar-refractivity contribution in [3.8, 4) is 0 Å². The molecule has 2 unspecified atom stereocenters. The van der Waals surface area contributed by atoms with Gasteiger partial charge in [-0.05, 0) is 49.8 Å². The summed E-state index contributed by atoms with van der Waals surface area (Å²) < 4.78 is 0.863. The Balaban J connectivity index is 1.63. The van der Waals surface area contributed by atoms with Gasteiger partial charge in [-0.15, -0.1) is 0 Å². The summed E-state index contributed by atoms with van der Waals surface area (Å²) in [5.74, 6) is 0.309. The molecule has 1 aromatic rings. The molecule has 5 nitrogen and oxygen atoms in total. The summed E-state index contributed by atoms with van der Waals surface area (Å²) in [6, 6.07) is 6.62. The van der Waals surface area contributed by atoms with Crippen molar-refractivity contribution in [1.82, 2.24) is 5.32 Å². The minimum Gasteiger partial charge on any atom is -0.325 e. The van der Waals surface area contributed by atoms with E-state index in [1.54, 1.807) is 6.07 Å². The molecule has 0 radical (unpaired) electrons. The maximum atomic E-state index is 12.4. The lowest BCUT2D eigenvalue weighted by molar-refractivity contribution is -0.117. The second kappa shape index (κ2) is 7.01. The number of halogens is 1. The summed E-state index contributed by atoms with van der Waals surface area (Å²) in [5, 5.41) is 9.30. The van der Waals surface area contributed by atoms with Crippen LogP contribution in [0.2, 0.25) is 0 Å². The van der Waals surface area contributed by atoms with Crippen molar-refractivity contribution in [3.63, 3.8) is 0 Å². The van der Waals surface area contributed by atoms with Gasteiger partial charge in [-0.25, -0.2) is 0 Å². The Bertz CT molecular complexity index is 608. The Morgan fingerprint density at radius 1 is 1.17 bits per heavy atom. The highest BCUT2D eigenvalue weighted by molar-refractivity contribution is 9.10. The SMILES string of the molecule is CC(=O)Nc1ccc(Br)cc1NC(=O)CC1CC2CCC(C1)N2. The fourth-order valence-electron chi connectivity index (χ4n) is 3.72. The number of rotatable bonds is 4. The number of amides is 2. The van der Waals surface area contributed by atoms with Gasteiger partial charge >= 0.3 is 0 Å². The molecule has 0 saturated carbocycles. The molecule has 2 atom stereocenters. The number of hydrogen-bond donors (Lipinski definition) is 3. The van der Waals surface area contributed by atoms with E-state index in [2.05, 4.69) is 31.9 Å². The van der Waals surface area contributed by atoms with Gasteiger partial charge in [0.25, 0.3) is 0 Å². The normalized spacial score (nSPS) is 25.9. The summed E-state index contributed by atoms with van der Waals surface area (Å²) in [5.41, 5.74) is 1.26. The third-order valence-corrected chi connectivity index (χ3v) is 5.10. The minimum atomic E-state index is -0.155. The number of carbonyl (C=O) groups excluding carboxylic acids is 2. The molecule has 3 rings (SSSR count). The van der Waals surface area contributed by atoms with Crippen molar-refractivity contribution < 1.29 is 9.59 Å². The van der Waals surface area contributed by atoms with Crippen LogP contribution in [0.4, 0.5) is 11.4 Å². The number of carbonyl (C=O) groups is 2. The van der Waals surface area contributed by atoms with Crippen LogP contribution in [-0.2, 0) is 9.59 Å². The van der Waals surface area contributed by atoms with E-state index in [1.165, 1.54) is 19.8 Å². The Morgan fingerprint density at radius 3 is 2.52 bits per heavy atom. The van der Waals surface area contributed by atoms with Crippen LogP contribution >= 0.6 is 15.9 Å².